The van der Waals surface area contributed by atoms with Gasteiger partial charge in [0.1, 0.15) is 5.78 Å². The molecule has 1 aliphatic heterocycles. The first-order valence-corrected chi connectivity index (χ1v) is 12.2. The van der Waals surface area contributed by atoms with E-state index in [0.29, 0.717) is 19.4 Å². The van der Waals surface area contributed by atoms with Crippen LogP contribution in [0.5, 0.6) is 0 Å². The van der Waals surface area contributed by atoms with E-state index in [-0.39, 0.29) is 11.7 Å². The van der Waals surface area contributed by atoms with Gasteiger partial charge in [-0.1, -0.05) is 37.3 Å². The number of aryl methyl sites for hydroxylation is 1. The molecule has 1 saturated heterocycles. The molecule has 35 heavy (non-hydrogen) atoms. The van der Waals surface area contributed by atoms with Crippen molar-refractivity contribution in [2.75, 3.05) is 26.3 Å². The Kier molecular flexibility index (Phi) is 6.97. The summed E-state index contributed by atoms with van der Waals surface area (Å²) in [5, 5.41) is 5.69. The molecule has 7 nitrogen and oxygen atoms in total. The minimum atomic E-state index is 0.179. The number of benzene rings is 1. The zero-order valence-electron chi connectivity index (χ0n) is 20.4. The first-order chi connectivity index (χ1) is 17.1. The van der Waals surface area contributed by atoms with Crippen molar-refractivity contribution in [2.45, 2.75) is 39.2 Å². The third-order valence-electron chi connectivity index (χ3n) is 6.55. The fraction of sp³-hybridized carbons (Fsp3) is 0.357. The van der Waals surface area contributed by atoms with E-state index in [1.165, 1.54) is 5.56 Å². The average molecular weight is 470 g/mol. The Labute approximate surface area is 205 Å². The summed E-state index contributed by atoms with van der Waals surface area (Å²) in [6.45, 7) is 7.95. The van der Waals surface area contributed by atoms with Crippen LogP contribution in [0.1, 0.15) is 41.9 Å². The number of hydrogen-bond acceptors (Lipinski definition) is 6. The number of aromatic nitrogens is 4. The zero-order valence-corrected chi connectivity index (χ0v) is 20.4. The van der Waals surface area contributed by atoms with Crippen molar-refractivity contribution in [1.29, 1.82) is 0 Å². The molecule has 0 radical (unpaired) electrons. The van der Waals surface area contributed by atoms with E-state index < -0.39 is 0 Å². The highest BCUT2D eigenvalue weighted by Gasteiger charge is 2.20. The Morgan fingerprint density at radius 1 is 1.11 bits per heavy atom. The zero-order chi connectivity index (χ0) is 24.2. The number of ether oxygens (including phenoxy) is 1. The number of nitrogens with zero attached hydrogens (tertiary/aromatic N) is 5. The van der Waals surface area contributed by atoms with E-state index in [2.05, 4.69) is 34.0 Å². The Hall–Kier alpha value is -3.42. The van der Waals surface area contributed by atoms with Crippen LogP contribution in [0.4, 0.5) is 0 Å². The summed E-state index contributed by atoms with van der Waals surface area (Å²) in [6, 6.07) is 16.2. The molecule has 1 fully saturated rings. The normalized spacial score (nSPS) is 15.4. The molecule has 5 rings (SSSR count). The topological polar surface area (TPSA) is 73.1 Å². The van der Waals surface area contributed by atoms with E-state index in [9.17, 15) is 4.79 Å². The van der Waals surface area contributed by atoms with Crippen molar-refractivity contribution in [2.24, 2.45) is 0 Å². The smallest absolute Gasteiger partial charge is 0.139 e. The second-order valence-electron chi connectivity index (χ2n) is 9.33. The Balaban J connectivity index is 1.45. The Bertz CT molecular complexity index is 1310. The van der Waals surface area contributed by atoms with E-state index in [0.717, 1.165) is 60.0 Å². The molecule has 1 atom stereocenters. The number of morpholine rings is 1. The maximum Gasteiger partial charge on any atom is 0.139 e. The molecular weight excluding hydrogens is 438 g/mol. The summed E-state index contributed by atoms with van der Waals surface area (Å²) in [4.78, 5) is 24.7. The first kappa shape index (κ1) is 23.3. The van der Waals surface area contributed by atoms with Crippen LogP contribution in [0.2, 0.25) is 0 Å². The standard InChI is InChI=1S/C28H31N5O2/c1-20(22-6-4-3-5-7-22)14-26(34)17-24-16-23-18-30-33(25-8-9-29-21(2)15-25)28(23)27(31-24)19-32-10-12-35-13-11-32/h3-9,15-16,18,20H,10-14,17,19H2,1-2H3/t20-/m0/s1. The summed E-state index contributed by atoms with van der Waals surface area (Å²) in [5.41, 5.74) is 5.80. The van der Waals surface area contributed by atoms with Gasteiger partial charge in [0, 0.05) is 55.4 Å². The van der Waals surface area contributed by atoms with Crippen LogP contribution in [-0.2, 0) is 22.5 Å². The van der Waals surface area contributed by atoms with Crippen molar-refractivity contribution >= 4 is 16.7 Å². The molecule has 3 aromatic heterocycles. The van der Waals surface area contributed by atoms with Gasteiger partial charge in [0.2, 0.25) is 0 Å². The number of rotatable bonds is 8. The number of ketones is 1. The second-order valence-corrected chi connectivity index (χ2v) is 9.33. The molecule has 4 heterocycles. The maximum atomic E-state index is 13.0. The molecule has 0 unspecified atom stereocenters. The summed E-state index contributed by atoms with van der Waals surface area (Å²) >= 11 is 0. The lowest BCUT2D eigenvalue weighted by molar-refractivity contribution is -0.118. The fourth-order valence-corrected chi connectivity index (χ4v) is 4.74. The number of fused-ring (bicyclic) bond motifs is 1. The number of Topliss-reactive ketones (excluding diaryl/α,β-unsaturated/α-hetero) is 1. The lowest BCUT2D eigenvalue weighted by Gasteiger charge is -2.26. The summed E-state index contributed by atoms with van der Waals surface area (Å²) in [5.74, 6) is 0.376. The van der Waals surface area contributed by atoms with Gasteiger partial charge in [-0.2, -0.15) is 5.10 Å². The minimum absolute atomic E-state index is 0.179. The highest BCUT2D eigenvalue weighted by atomic mass is 16.5. The van der Waals surface area contributed by atoms with Gasteiger partial charge in [-0.3, -0.25) is 19.7 Å². The van der Waals surface area contributed by atoms with Gasteiger partial charge in [-0.25, -0.2) is 4.68 Å². The molecule has 0 amide bonds. The van der Waals surface area contributed by atoms with Gasteiger partial charge in [0.25, 0.3) is 0 Å². The molecule has 1 aliphatic rings. The van der Waals surface area contributed by atoms with Gasteiger partial charge < -0.3 is 4.74 Å². The van der Waals surface area contributed by atoms with E-state index in [1.807, 2.05) is 54.2 Å². The third kappa shape index (κ3) is 5.47. The molecule has 180 valence electrons. The van der Waals surface area contributed by atoms with Crippen molar-refractivity contribution in [1.82, 2.24) is 24.6 Å². The van der Waals surface area contributed by atoms with E-state index in [4.69, 9.17) is 9.72 Å². The van der Waals surface area contributed by atoms with Crippen LogP contribution in [0.25, 0.3) is 16.6 Å². The fourth-order valence-electron chi connectivity index (χ4n) is 4.74. The first-order valence-electron chi connectivity index (χ1n) is 12.2. The molecule has 0 bridgehead atoms. The quantitative estimate of drug-likeness (QED) is 0.384. The molecule has 1 aromatic carbocycles. The van der Waals surface area contributed by atoms with Crippen LogP contribution >= 0.6 is 0 Å². The predicted octanol–water partition coefficient (Wildman–Crippen LogP) is 4.26. The van der Waals surface area contributed by atoms with Gasteiger partial charge in [-0.15, -0.1) is 0 Å². The van der Waals surface area contributed by atoms with Crippen molar-refractivity contribution in [3.63, 3.8) is 0 Å². The van der Waals surface area contributed by atoms with Gasteiger partial charge in [0.05, 0.1) is 36.3 Å². The van der Waals surface area contributed by atoms with Gasteiger partial charge >= 0.3 is 0 Å². The largest absolute Gasteiger partial charge is 0.379 e. The van der Waals surface area contributed by atoms with Gasteiger partial charge in [0.15, 0.2) is 0 Å². The highest BCUT2D eigenvalue weighted by Crippen LogP contribution is 2.25. The van der Waals surface area contributed by atoms with E-state index in [1.54, 1.807) is 6.20 Å². The number of carbonyl (C=O) groups is 1. The molecule has 0 saturated carbocycles. The number of carbonyl (C=O) groups excluding carboxylic acids is 1. The summed E-state index contributed by atoms with van der Waals surface area (Å²) in [6.07, 6.45) is 4.49. The predicted molar refractivity (Wildman–Crippen MR) is 136 cm³/mol. The lowest BCUT2D eigenvalue weighted by atomic mass is 9.94. The molecular formula is C28H31N5O2. The van der Waals surface area contributed by atoms with Crippen LogP contribution in [0, 0.1) is 6.92 Å². The van der Waals surface area contributed by atoms with Crippen molar-refractivity contribution in [3.8, 4) is 5.69 Å². The van der Waals surface area contributed by atoms with Crippen molar-refractivity contribution in [3.05, 3.63) is 83.6 Å². The minimum Gasteiger partial charge on any atom is -0.379 e. The lowest BCUT2D eigenvalue weighted by Crippen LogP contribution is -2.36. The van der Waals surface area contributed by atoms with Crippen molar-refractivity contribution < 1.29 is 9.53 Å². The molecule has 0 N–H and O–H groups in total. The van der Waals surface area contributed by atoms with Crippen LogP contribution < -0.4 is 0 Å². The summed E-state index contributed by atoms with van der Waals surface area (Å²) < 4.78 is 7.47. The van der Waals surface area contributed by atoms with Gasteiger partial charge in [-0.05, 0) is 36.6 Å². The van der Waals surface area contributed by atoms with Crippen LogP contribution in [-0.4, -0.2) is 56.7 Å². The van der Waals surface area contributed by atoms with Crippen LogP contribution in [0.15, 0.2) is 60.9 Å². The number of hydrogen-bond donors (Lipinski definition) is 0. The third-order valence-corrected chi connectivity index (χ3v) is 6.55. The average Bonchev–Trinajstić information content (AvgIpc) is 3.29. The maximum absolute atomic E-state index is 13.0. The monoisotopic (exact) mass is 469 g/mol. The highest BCUT2D eigenvalue weighted by molar-refractivity contribution is 5.86. The van der Waals surface area contributed by atoms with E-state index >= 15 is 0 Å². The Morgan fingerprint density at radius 2 is 1.91 bits per heavy atom. The Morgan fingerprint density at radius 3 is 2.69 bits per heavy atom. The SMILES string of the molecule is Cc1cc(-n2ncc3cc(CC(=O)C[C@H](C)c4ccccc4)nc(CN4CCOCC4)c32)ccn1. The molecule has 4 aromatic rings. The molecule has 0 aliphatic carbocycles. The molecule has 7 heteroatoms. The number of pyridine rings is 2. The second kappa shape index (κ2) is 10.5. The van der Waals surface area contributed by atoms with Crippen LogP contribution in [0.3, 0.4) is 0 Å². The molecule has 0 spiro atoms. The summed E-state index contributed by atoms with van der Waals surface area (Å²) in [7, 11) is 0.